The first-order chi connectivity index (χ1) is 5.54. The monoisotopic (exact) mass is 168 g/mol. The first kappa shape index (κ1) is 11.4. The van der Waals surface area contributed by atoms with Crippen molar-refractivity contribution in [1.29, 1.82) is 0 Å². The van der Waals surface area contributed by atoms with Gasteiger partial charge in [0.15, 0.2) is 0 Å². The van der Waals surface area contributed by atoms with Crippen molar-refractivity contribution < 1.29 is 4.79 Å². The predicted octanol–water partition coefficient (Wildman–Crippen LogP) is 3.35. The summed E-state index contributed by atoms with van der Waals surface area (Å²) < 4.78 is 0. The second-order valence-electron chi connectivity index (χ2n) is 4.01. The van der Waals surface area contributed by atoms with E-state index in [2.05, 4.69) is 26.8 Å². The lowest BCUT2D eigenvalue weighted by Crippen LogP contribution is -2.16. The number of hydrogen-bond donors (Lipinski definition) is 0. The van der Waals surface area contributed by atoms with Crippen molar-refractivity contribution in [2.24, 2.45) is 5.41 Å². The molecule has 0 radical (unpaired) electrons. The molecule has 0 aromatic rings. The van der Waals surface area contributed by atoms with Crippen LogP contribution in [0.5, 0.6) is 0 Å². The molecule has 0 saturated heterocycles. The second-order valence-corrected chi connectivity index (χ2v) is 4.01. The van der Waals surface area contributed by atoms with E-state index in [-0.39, 0.29) is 5.41 Å². The van der Waals surface area contributed by atoms with E-state index < -0.39 is 0 Å². The highest BCUT2D eigenvalue weighted by Crippen LogP contribution is 2.25. The quantitative estimate of drug-likeness (QED) is 0.454. The van der Waals surface area contributed by atoms with Crippen molar-refractivity contribution >= 4 is 6.29 Å². The molecule has 0 saturated carbocycles. The van der Waals surface area contributed by atoms with Crippen LogP contribution in [0.2, 0.25) is 0 Å². The third-order valence-electron chi connectivity index (χ3n) is 2.08. The minimum Gasteiger partial charge on any atom is -0.303 e. The van der Waals surface area contributed by atoms with E-state index in [0.717, 1.165) is 25.5 Å². The standard InChI is InChI=1S/C11H20O/c1-5-7-11(4,9-12)8-6-10(2)3/h6,9H,5,7-8H2,1-4H3. The molecule has 1 heteroatoms. The fourth-order valence-corrected chi connectivity index (χ4v) is 1.22. The third-order valence-corrected chi connectivity index (χ3v) is 2.08. The Morgan fingerprint density at radius 3 is 2.33 bits per heavy atom. The van der Waals surface area contributed by atoms with Crippen LogP contribution in [0.1, 0.15) is 47.0 Å². The Morgan fingerprint density at radius 2 is 2.00 bits per heavy atom. The first-order valence-corrected chi connectivity index (χ1v) is 4.64. The smallest absolute Gasteiger partial charge is 0.126 e. The minimum absolute atomic E-state index is 0.133. The van der Waals surface area contributed by atoms with Gasteiger partial charge in [-0.2, -0.15) is 0 Å². The van der Waals surface area contributed by atoms with E-state index in [1.54, 1.807) is 0 Å². The van der Waals surface area contributed by atoms with E-state index >= 15 is 0 Å². The Labute approximate surface area is 75.9 Å². The zero-order chi connectivity index (χ0) is 9.61. The number of rotatable bonds is 5. The maximum atomic E-state index is 10.8. The summed E-state index contributed by atoms with van der Waals surface area (Å²) in [6.07, 6.45) is 6.18. The summed E-state index contributed by atoms with van der Waals surface area (Å²) in [6, 6.07) is 0. The van der Waals surface area contributed by atoms with E-state index in [0.29, 0.717) is 0 Å². The molecule has 1 unspecified atom stereocenters. The molecule has 0 aromatic heterocycles. The molecular formula is C11H20O. The largest absolute Gasteiger partial charge is 0.303 e. The molecule has 12 heavy (non-hydrogen) atoms. The molecule has 0 heterocycles. The van der Waals surface area contributed by atoms with Crippen LogP contribution >= 0.6 is 0 Å². The van der Waals surface area contributed by atoms with Crippen molar-refractivity contribution in [1.82, 2.24) is 0 Å². The lowest BCUT2D eigenvalue weighted by Gasteiger charge is -2.20. The summed E-state index contributed by atoms with van der Waals surface area (Å²) in [6.45, 7) is 8.28. The number of aldehydes is 1. The van der Waals surface area contributed by atoms with Crippen LogP contribution < -0.4 is 0 Å². The van der Waals surface area contributed by atoms with E-state index in [1.165, 1.54) is 5.57 Å². The Morgan fingerprint density at radius 1 is 1.42 bits per heavy atom. The average molecular weight is 168 g/mol. The molecule has 0 bridgehead atoms. The van der Waals surface area contributed by atoms with Gasteiger partial charge >= 0.3 is 0 Å². The summed E-state index contributed by atoms with van der Waals surface area (Å²) in [7, 11) is 0. The highest BCUT2D eigenvalue weighted by atomic mass is 16.1. The molecule has 0 rings (SSSR count). The van der Waals surface area contributed by atoms with Gasteiger partial charge in [0, 0.05) is 5.41 Å². The summed E-state index contributed by atoms with van der Waals surface area (Å²) in [4.78, 5) is 10.8. The zero-order valence-corrected chi connectivity index (χ0v) is 8.68. The second kappa shape index (κ2) is 5.13. The van der Waals surface area contributed by atoms with Gasteiger partial charge in [0.05, 0.1) is 0 Å². The highest BCUT2D eigenvalue weighted by Gasteiger charge is 2.20. The molecule has 0 fully saturated rings. The van der Waals surface area contributed by atoms with E-state index in [1.807, 2.05) is 6.92 Å². The van der Waals surface area contributed by atoms with E-state index in [4.69, 9.17) is 0 Å². The molecule has 0 spiro atoms. The molecule has 0 aliphatic heterocycles. The van der Waals surface area contributed by atoms with Crippen molar-refractivity contribution in [2.75, 3.05) is 0 Å². The fraction of sp³-hybridized carbons (Fsp3) is 0.727. The molecule has 0 N–H and O–H groups in total. The van der Waals surface area contributed by atoms with Crippen LogP contribution in [-0.4, -0.2) is 6.29 Å². The Balaban J connectivity index is 4.14. The summed E-state index contributed by atoms with van der Waals surface area (Å²) in [5.41, 5.74) is 1.16. The van der Waals surface area contributed by atoms with Crippen LogP contribution in [-0.2, 0) is 4.79 Å². The van der Waals surface area contributed by atoms with Gasteiger partial charge in [0.1, 0.15) is 6.29 Å². The first-order valence-electron chi connectivity index (χ1n) is 4.64. The molecule has 1 atom stereocenters. The van der Waals surface area contributed by atoms with Crippen LogP contribution in [0, 0.1) is 5.41 Å². The Bertz CT molecular complexity index is 166. The number of allylic oxidation sites excluding steroid dienone is 2. The molecule has 1 nitrogen and oxygen atoms in total. The summed E-state index contributed by atoms with van der Waals surface area (Å²) >= 11 is 0. The normalized spacial score (nSPS) is 15.0. The van der Waals surface area contributed by atoms with Crippen LogP contribution in [0.4, 0.5) is 0 Å². The van der Waals surface area contributed by atoms with Crippen molar-refractivity contribution in [3.8, 4) is 0 Å². The minimum atomic E-state index is -0.133. The summed E-state index contributed by atoms with van der Waals surface area (Å²) in [5.74, 6) is 0. The van der Waals surface area contributed by atoms with Crippen molar-refractivity contribution in [3.63, 3.8) is 0 Å². The lowest BCUT2D eigenvalue weighted by molar-refractivity contribution is -0.115. The number of carbonyl (C=O) groups excluding carboxylic acids is 1. The van der Waals surface area contributed by atoms with E-state index in [9.17, 15) is 4.79 Å². The van der Waals surface area contributed by atoms with Gasteiger partial charge in [0.2, 0.25) is 0 Å². The van der Waals surface area contributed by atoms with Gasteiger partial charge in [-0.25, -0.2) is 0 Å². The van der Waals surface area contributed by atoms with Gasteiger partial charge in [0.25, 0.3) is 0 Å². The van der Waals surface area contributed by atoms with Gasteiger partial charge in [-0.1, -0.05) is 31.9 Å². The SMILES string of the molecule is CCCC(C)(C=O)CC=C(C)C. The van der Waals surface area contributed by atoms with Crippen LogP contribution in [0.3, 0.4) is 0 Å². The number of carbonyl (C=O) groups is 1. The van der Waals surface area contributed by atoms with Gasteiger partial charge < -0.3 is 4.79 Å². The van der Waals surface area contributed by atoms with Gasteiger partial charge in [-0.05, 0) is 26.7 Å². The van der Waals surface area contributed by atoms with Gasteiger partial charge in [-0.3, -0.25) is 0 Å². The Kier molecular flexibility index (Phi) is 4.87. The van der Waals surface area contributed by atoms with Crippen LogP contribution in [0.15, 0.2) is 11.6 Å². The molecule has 0 aliphatic rings. The third kappa shape index (κ3) is 4.32. The van der Waals surface area contributed by atoms with Crippen molar-refractivity contribution in [3.05, 3.63) is 11.6 Å². The zero-order valence-electron chi connectivity index (χ0n) is 8.68. The predicted molar refractivity (Wildman–Crippen MR) is 53.1 cm³/mol. The maximum absolute atomic E-state index is 10.8. The molecule has 0 amide bonds. The van der Waals surface area contributed by atoms with Gasteiger partial charge in [-0.15, -0.1) is 0 Å². The Hall–Kier alpha value is -0.590. The molecule has 70 valence electrons. The average Bonchev–Trinajstić information content (AvgIpc) is 2.02. The molecule has 0 aliphatic carbocycles. The fourth-order valence-electron chi connectivity index (χ4n) is 1.22. The number of hydrogen-bond acceptors (Lipinski definition) is 1. The van der Waals surface area contributed by atoms with Crippen LogP contribution in [0.25, 0.3) is 0 Å². The maximum Gasteiger partial charge on any atom is 0.126 e. The van der Waals surface area contributed by atoms with Crippen molar-refractivity contribution in [2.45, 2.75) is 47.0 Å². The molecule has 0 aromatic carbocycles. The summed E-state index contributed by atoms with van der Waals surface area (Å²) in [5, 5.41) is 0. The topological polar surface area (TPSA) is 17.1 Å². The molecular weight excluding hydrogens is 148 g/mol. The highest BCUT2D eigenvalue weighted by molar-refractivity contribution is 5.58. The lowest BCUT2D eigenvalue weighted by atomic mass is 9.83.